The van der Waals surface area contributed by atoms with Crippen LogP contribution in [0.4, 0.5) is 0 Å². The van der Waals surface area contributed by atoms with Crippen LogP contribution in [-0.2, 0) is 28.6 Å². The molecule has 0 N–H and O–H groups in total. The molecule has 0 aliphatic carbocycles. The van der Waals surface area contributed by atoms with Gasteiger partial charge in [0.05, 0.1) is 0 Å². The molecule has 0 spiro atoms. The van der Waals surface area contributed by atoms with E-state index in [0.29, 0.717) is 19.3 Å². The van der Waals surface area contributed by atoms with Crippen LogP contribution in [0.15, 0.2) is 12.2 Å². The molecule has 0 aromatic carbocycles. The van der Waals surface area contributed by atoms with Crippen LogP contribution in [-0.4, -0.2) is 37.2 Å². The van der Waals surface area contributed by atoms with Crippen LogP contribution in [0.25, 0.3) is 0 Å². The lowest BCUT2D eigenvalue weighted by Crippen LogP contribution is -2.30. The van der Waals surface area contributed by atoms with Gasteiger partial charge in [-0.25, -0.2) is 0 Å². The van der Waals surface area contributed by atoms with Crippen LogP contribution >= 0.6 is 0 Å². The number of carbonyl (C=O) groups excluding carboxylic acids is 3. The van der Waals surface area contributed by atoms with E-state index in [2.05, 4.69) is 32.9 Å². The average molecular weight is 735 g/mol. The van der Waals surface area contributed by atoms with Gasteiger partial charge in [0, 0.05) is 19.3 Å². The van der Waals surface area contributed by atoms with Gasteiger partial charge < -0.3 is 14.2 Å². The molecule has 1 atom stereocenters. The van der Waals surface area contributed by atoms with Crippen molar-refractivity contribution in [1.29, 1.82) is 0 Å². The molecule has 306 valence electrons. The molecule has 0 saturated carbocycles. The van der Waals surface area contributed by atoms with Crippen molar-refractivity contribution >= 4 is 17.9 Å². The normalized spacial score (nSPS) is 12.0. The fourth-order valence-electron chi connectivity index (χ4n) is 6.55. The van der Waals surface area contributed by atoms with Gasteiger partial charge in [-0.3, -0.25) is 14.4 Å². The van der Waals surface area contributed by atoms with Crippen molar-refractivity contribution in [2.75, 3.05) is 13.2 Å². The Labute approximate surface area is 322 Å². The number of hydrogen-bond acceptors (Lipinski definition) is 6. The number of allylic oxidation sites excluding steroid dienone is 2. The zero-order valence-electron chi connectivity index (χ0n) is 34.8. The van der Waals surface area contributed by atoms with Crippen molar-refractivity contribution in [1.82, 2.24) is 0 Å². The molecule has 0 aliphatic heterocycles. The monoisotopic (exact) mass is 735 g/mol. The fraction of sp³-hybridized carbons (Fsp3) is 0.891. The van der Waals surface area contributed by atoms with E-state index in [1.165, 1.54) is 148 Å². The molecule has 6 heteroatoms. The molecule has 0 rings (SSSR count). The zero-order chi connectivity index (χ0) is 38.0. The number of rotatable bonds is 41. The highest BCUT2D eigenvalue weighted by molar-refractivity contribution is 5.71. The summed E-state index contributed by atoms with van der Waals surface area (Å²) in [4.78, 5) is 37.5. The number of ether oxygens (including phenoxy) is 3. The maximum Gasteiger partial charge on any atom is 0.306 e. The van der Waals surface area contributed by atoms with Gasteiger partial charge in [0.2, 0.25) is 0 Å². The maximum atomic E-state index is 12.6. The van der Waals surface area contributed by atoms with Gasteiger partial charge in [0.25, 0.3) is 0 Å². The van der Waals surface area contributed by atoms with Crippen molar-refractivity contribution in [3.63, 3.8) is 0 Å². The Morgan fingerprint density at radius 1 is 0.365 bits per heavy atom. The first-order valence-electron chi connectivity index (χ1n) is 22.7. The van der Waals surface area contributed by atoms with Crippen molar-refractivity contribution in [2.24, 2.45) is 0 Å². The largest absolute Gasteiger partial charge is 0.462 e. The minimum Gasteiger partial charge on any atom is -0.462 e. The van der Waals surface area contributed by atoms with Crippen molar-refractivity contribution in [2.45, 2.75) is 252 Å². The van der Waals surface area contributed by atoms with Crippen LogP contribution in [0.5, 0.6) is 0 Å². The van der Waals surface area contributed by atoms with Gasteiger partial charge in [-0.2, -0.15) is 0 Å². The molecule has 0 saturated heterocycles. The third-order valence-corrected chi connectivity index (χ3v) is 10.0. The SMILES string of the molecule is CCCCCCCC/C=C\CCCCCCCCCC(=O)OCC(COC(=O)CCCCCCCC)OC(=O)CCCCCCCCCCCCC. The van der Waals surface area contributed by atoms with E-state index in [9.17, 15) is 14.4 Å². The second-order valence-electron chi connectivity index (χ2n) is 15.3. The lowest BCUT2D eigenvalue weighted by atomic mass is 10.1. The summed E-state index contributed by atoms with van der Waals surface area (Å²) in [7, 11) is 0. The molecule has 6 nitrogen and oxygen atoms in total. The lowest BCUT2D eigenvalue weighted by Gasteiger charge is -2.18. The summed E-state index contributed by atoms with van der Waals surface area (Å²) in [6.45, 7) is 6.57. The summed E-state index contributed by atoms with van der Waals surface area (Å²) < 4.78 is 16.6. The highest BCUT2D eigenvalue weighted by Gasteiger charge is 2.19. The third kappa shape index (κ3) is 39.4. The predicted molar refractivity (Wildman–Crippen MR) is 220 cm³/mol. The minimum absolute atomic E-state index is 0.0686. The molecular weight excluding hydrogens is 648 g/mol. The molecule has 0 radical (unpaired) electrons. The summed E-state index contributed by atoms with van der Waals surface area (Å²) in [5, 5.41) is 0. The number of hydrogen-bond donors (Lipinski definition) is 0. The second kappa shape index (κ2) is 41.9. The van der Waals surface area contributed by atoms with Gasteiger partial charge >= 0.3 is 17.9 Å². The molecule has 0 aromatic heterocycles. The summed E-state index contributed by atoms with van der Waals surface area (Å²) in [5.41, 5.74) is 0. The second-order valence-corrected chi connectivity index (χ2v) is 15.3. The lowest BCUT2D eigenvalue weighted by molar-refractivity contribution is -0.167. The predicted octanol–water partition coefficient (Wildman–Crippen LogP) is 14.3. The van der Waals surface area contributed by atoms with E-state index in [0.717, 1.165) is 57.8 Å². The van der Waals surface area contributed by atoms with E-state index < -0.39 is 6.10 Å². The van der Waals surface area contributed by atoms with Crippen molar-refractivity contribution in [3.8, 4) is 0 Å². The first-order valence-corrected chi connectivity index (χ1v) is 22.7. The Balaban J connectivity index is 4.21. The Morgan fingerprint density at radius 3 is 0.962 bits per heavy atom. The molecule has 0 heterocycles. The van der Waals surface area contributed by atoms with E-state index in [1.807, 2.05) is 0 Å². The van der Waals surface area contributed by atoms with Gasteiger partial charge in [-0.05, 0) is 44.9 Å². The summed E-state index contributed by atoms with van der Waals surface area (Å²) in [5.74, 6) is -0.876. The quantitative estimate of drug-likeness (QED) is 0.0269. The molecule has 1 unspecified atom stereocenters. The highest BCUT2D eigenvalue weighted by atomic mass is 16.6. The van der Waals surface area contributed by atoms with Gasteiger partial charge in [-0.15, -0.1) is 0 Å². The Hall–Kier alpha value is -1.85. The molecular formula is C46H86O6. The molecule has 0 amide bonds. The Morgan fingerprint density at radius 2 is 0.635 bits per heavy atom. The minimum atomic E-state index is -0.761. The van der Waals surface area contributed by atoms with Crippen LogP contribution in [0.2, 0.25) is 0 Å². The van der Waals surface area contributed by atoms with Crippen LogP contribution in [0.1, 0.15) is 245 Å². The Bertz CT molecular complexity index is 809. The van der Waals surface area contributed by atoms with Crippen molar-refractivity contribution in [3.05, 3.63) is 12.2 Å². The molecule has 0 fully saturated rings. The number of esters is 3. The van der Waals surface area contributed by atoms with Gasteiger partial charge in [0.1, 0.15) is 13.2 Å². The molecule has 52 heavy (non-hydrogen) atoms. The van der Waals surface area contributed by atoms with E-state index in [4.69, 9.17) is 14.2 Å². The van der Waals surface area contributed by atoms with Gasteiger partial charge in [0.15, 0.2) is 6.10 Å². The summed E-state index contributed by atoms with van der Waals surface area (Å²) in [6.07, 6.45) is 43.5. The molecule has 0 aromatic rings. The van der Waals surface area contributed by atoms with E-state index in [-0.39, 0.29) is 31.1 Å². The fourth-order valence-corrected chi connectivity index (χ4v) is 6.55. The summed E-state index contributed by atoms with van der Waals surface area (Å²) >= 11 is 0. The van der Waals surface area contributed by atoms with Crippen LogP contribution in [0.3, 0.4) is 0 Å². The van der Waals surface area contributed by atoms with Crippen LogP contribution < -0.4 is 0 Å². The molecule has 0 bridgehead atoms. The van der Waals surface area contributed by atoms with Crippen LogP contribution in [0, 0.1) is 0 Å². The maximum absolute atomic E-state index is 12.6. The number of unbranched alkanes of at least 4 members (excludes halogenated alkanes) is 28. The average Bonchev–Trinajstić information content (AvgIpc) is 3.14. The van der Waals surface area contributed by atoms with Gasteiger partial charge in [-0.1, -0.05) is 193 Å². The first kappa shape index (κ1) is 50.1. The standard InChI is InChI=1S/C46H86O6/c1-4-7-10-13-16-18-20-21-22-23-24-25-27-28-30-33-36-39-45(48)51-42-43(41-50-44(47)38-35-32-15-12-9-6-3)52-46(49)40-37-34-31-29-26-19-17-14-11-8-5-2/h21-22,43H,4-20,23-42H2,1-3H3/b22-21-. The zero-order valence-corrected chi connectivity index (χ0v) is 34.8. The smallest absolute Gasteiger partial charge is 0.306 e. The summed E-state index contributed by atoms with van der Waals surface area (Å²) in [6, 6.07) is 0. The topological polar surface area (TPSA) is 78.9 Å². The van der Waals surface area contributed by atoms with E-state index in [1.54, 1.807) is 0 Å². The first-order chi connectivity index (χ1) is 25.5. The highest BCUT2D eigenvalue weighted by Crippen LogP contribution is 2.15. The third-order valence-electron chi connectivity index (χ3n) is 10.0. The Kier molecular flexibility index (Phi) is 40.4. The number of carbonyl (C=O) groups is 3. The van der Waals surface area contributed by atoms with Crippen molar-refractivity contribution < 1.29 is 28.6 Å². The van der Waals surface area contributed by atoms with E-state index >= 15 is 0 Å². The molecule has 0 aliphatic rings.